The van der Waals surface area contributed by atoms with E-state index in [1.54, 1.807) is 16.4 Å². The average Bonchev–Trinajstić information content (AvgIpc) is 3.28. The Morgan fingerprint density at radius 3 is 2.66 bits per heavy atom. The summed E-state index contributed by atoms with van der Waals surface area (Å²) < 4.78 is 7.21. The molecule has 3 rings (SSSR count). The molecule has 29 heavy (non-hydrogen) atoms. The van der Waals surface area contributed by atoms with Crippen LogP contribution < -0.4 is 15.4 Å². The summed E-state index contributed by atoms with van der Waals surface area (Å²) in [6.07, 6.45) is 0.872. The van der Waals surface area contributed by atoms with Gasteiger partial charge >= 0.3 is 0 Å². The predicted octanol–water partition coefficient (Wildman–Crippen LogP) is 3.30. The molecular formula is C21H28N4O3S. The topological polar surface area (TPSA) is 85.3 Å². The Labute approximate surface area is 175 Å². The quantitative estimate of drug-likeness (QED) is 0.655. The van der Waals surface area contributed by atoms with Crippen LogP contribution in [0.4, 0.5) is 5.82 Å². The first-order valence-electron chi connectivity index (χ1n) is 9.93. The van der Waals surface area contributed by atoms with Gasteiger partial charge in [0.25, 0.3) is 5.91 Å². The van der Waals surface area contributed by atoms with Gasteiger partial charge in [-0.05, 0) is 30.0 Å². The number of hydrogen-bond donors (Lipinski definition) is 2. The van der Waals surface area contributed by atoms with Gasteiger partial charge in [0, 0.05) is 23.6 Å². The Hall–Kier alpha value is -2.48. The third kappa shape index (κ3) is 5.53. The molecule has 0 unspecified atom stereocenters. The van der Waals surface area contributed by atoms with Gasteiger partial charge in [-0.1, -0.05) is 32.9 Å². The zero-order valence-electron chi connectivity index (χ0n) is 17.2. The highest BCUT2D eigenvalue weighted by Gasteiger charge is 2.25. The molecule has 7 nitrogen and oxygen atoms in total. The fraction of sp³-hybridized carbons (Fsp3) is 0.476. The van der Waals surface area contributed by atoms with Gasteiger partial charge in [0.2, 0.25) is 5.91 Å². The minimum Gasteiger partial charge on any atom is -0.484 e. The molecule has 1 aliphatic rings. The Bertz CT molecular complexity index is 862. The number of nitrogens with one attached hydrogen (secondary N) is 2. The first-order valence-corrected chi connectivity index (χ1v) is 11.1. The molecule has 0 saturated heterocycles. The first kappa shape index (κ1) is 21.2. The molecule has 0 fully saturated rings. The van der Waals surface area contributed by atoms with E-state index in [0.717, 1.165) is 29.2 Å². The maximum atomic E-state index is 12.5. The standard InChI is InChI=1S/C21H28N4O3S/c1-4-9-22-19(26)10-25-21(17-12-29-13-18(17)24-25)23-20(27)11-28-16-7-5-15(6-8-16)14(2)3/h5-8,14H,4,9-13H2,1-3H3,(H,22,26)(H,23,27). The van der Waals surface area contributed by atoms with Gasteiger partial charge in [0.05, 0.1) is 5.69 Å². The van der Waals surface area contributed by atoms with Crippen LogP contribution in [0.15, 0.2) is 24.3 Å². The van der Waals surface area contributed by atoms with Crippen LogP contribution >= 0.6 is 11.8 Å². The lowest BCUT2D eigenvalue weighted by Gasteiger charge is -2.12. The van der Waals surface area contributed by atoms with Crippen molar-refractivity contribution in [1.82, 2.24) is 15.1 Å². The van der Waals surface area contributed by atoms with Gasteiger partial charge in [-0.15, -0.1) is 0 Å². The van der Waals surface area contributed by atoms with Crippen molar-refractivity contribution in [2.24, 2.45) is 0 Å². The number of benzene rings is 1. The Kier molecular flexibility index (Phi) is 7.19. The Morgan fingerprint density at radius 2 is 1.97 bits per heavy atom. The molecule has 0 saturated carbocycles. The second kappa shape index (κ2) is 9.82. The van der Waals surface area contributed by atoms with E-state index in [2.05, 4.69) is 29.6 Å². The first-order chi connectivity index (χ1) is 14.0. The largest absolute Gasteiger partial charge is 0.484 e. The SMILES string of the molecule is CCCNC(=O)Cn1nc2c(c1NC(=O)COc1ccc(C(C)C)cc1)CSC2. The van der Waals surface area contributed by atoms with E-state index < -0.39 is 0 Å². The molecule has 0 atom stereocenters. The number of hydrogen-bond acceptors (Lipinski definition) is 5. The summed E-state index contributed by atoms with van der Waals surface area (Å²) in [5, 5.41) is 10.3. The van der Waals surface area contributed by atoms with Gasteiger partial charge in [-0.25, -0.2) is 4.68 Å². The monoisotopic (exact) mass is 416 g/mol. The van der Waals surface area contributed by atoms with E-state index in [-0.39, 0.29) is 25.0 Å². The molecule has 2 heterocycles. The summed E-state index contributed by atoms with van der Waals surface area (Å²) in [6.45, 7) is 6.88. The molecule has 2 N–H and O–H groups in total. The fourth-order valence-electron chi connectivity index (χ4n) is 3.04. The third-order valence-electron chi connectivity index (χ3n) is 4.66. The lowest BCUT2D eigenvalue weighted by atomic mass is 10.0. The highest BCUT2D eigenvalue weighted by Crippen LogP contribution is 2.34. The summed E-state index contributed by atoms with van der Waals surface area (Å²) in [4.78, 5) is 24.6. The van der Waals surface area contributed by atoms with Crippen LogP contribution in [-0.2, 0) is 27.6 Å². The van der Waals surface area contributed by atoms with Crippen molar-refractivity contribution >= 4 is 29.4 Å². The number of anilines is 1. The second-order valence-electron chi connectivity index (χ2n) is 7.33. The van der Waals surface area contributed by atoms with Gasteiger partial charge in [-0.3, -0.25) is 9.59 Å². The Balaban J connectivity index is 1.62. The molecule has 1 aromatic carbocycles. The highest BCUT2D eigenvalue weighted by atomic mass is 32.2. The molecule has 156 valence electrons. The number of carbonyl (C=O) groups excluding carboxylic acids is 2. The molecule has 0 aliphatic carbocycles. The van der Waals surface area contributed by atoms with E-state index in [9.17, 15) is 9.59 Å². The van der Waals surface area contributed by atoms with Crippen LogP contribution in [0.25, 0.3) is 0 Å². The lowest BCUT2D eigenvalue weighted by molar-refractivity contribution is -0.122. The molecule has 1 aromatic heterocycles. The number of nitrogens with zero attached hydrogens (tertiary/aromatic N) is 2. The summed E-state index contributed by atoms with van der Waals surface area (Å²) in [5.41, 5.74) is 3.15. The van der Waals surface area contributed by atoms with Crippen molar-refractivity contribution in [1.29, 1.82) is 0 Å². The summed E-state index contributed by atoms with van der Waals surface area (Å²) >= 11 is 1.75. The van der Waals surface area contributed by atoms with Crippen molar-refractivity contribution in [3.8, 4) is 5.75 Å². The van der Waals surface area contributed by atoms with E-state index in [4.69, 9.17) is 4.74 Å². The van der Waals surface area contributed by atoms with Crippen molar-refractivity contribution in [2.45, 2.75) is 51.2 Å². The van der Waals surface area contributed by atoms with Gasteiger partial charge in [0.15, 0.2) is 6.61 Å². The fourth-order valence-corrected chi connectivity index (χ4v) is 4.08. The summed E-state index contributed by atoms with van der Waals surface area (Å²) in [7, 11) is 0. The van der Waals surface area contributed by atoms with E-state index >= 15 is 0 Å². The second-order valence-corrected chi connectivity index (χ2v) is 8.32. The number of fused-ring (bicyclic) bond motifs is 1. The van der Waals surface area contributed by atoms with Crippen molar-refractivity contribution in [3.05, 3.63) is 41.1 Å². The predicted molar refractivity (Wildman–Crippen MR) is 115 cm³/mol. The number of ether oxygens (including phenoxy) is 1. The van der Waals surface area contributed by atoms with Crippen LogP contribution in [0.2, 0.25) is 0 Å². The molecule has 1 aliphatic heterocycles. The molecule has 8 heteroatoms. The molecule has 0 spiro atoms. The van der Waals surface area contributed by atoms with Crippen LogP contribution in [0.3, 0.4) is 0 Å². The summed E-state index contributed by atoms with van der Waals surface area (Å²) in [5.74, 6) is 2.88. The maximum absolute atomic E-state index is 12.5. The number of thioether (sulfide) groups is 1. The van der Waals surface area contributed by atoms with E-state index in [0.29, 0.717) is 24.0 Å². The van der Waals surface area contributed by atoms with Crippen molar-refractivity contribution < 1.29 is 14.3 Å². The number of amides is 2. The van der Waals surface area contributed by atoms with Crippen LogP contribution in [0.1, 0.15) is 49.9 Å². The third-order valence-corrected chi connectivity index (χ3v) is 5.63. The normalized spacial score (nSPS) is 12.7. The van der Waals surface area contributed by atoms with E-state index in [1.807, 2.05) is 31.2 Å². The molecular weight excluding hydrogens is 388 g/mol. The number of rotatable bonds is 9. The summed E-state index contributed by atoms with van der Waals surface area (Å²) in [6, 6.07) is 7.76. The van der Waals surface area contributed by atoms with E-state index in [1.165, 1.54) is 5.56 Å². The number of aromatic nitrogens is 2. The maximum Gasteiger partial charge on any atom is 0.263 e. The van der Waals surface area contributed by atoms with Crippen LogP contribution in [0.5, 0.6) is 5.75 Å². The molecule has 0 radical (unpaired) electrons. The molecule has 0 bridgehead atoms. The zero-order valence-corrected chi connectivity index (χ0v) is 18.0. The van der Waals surface area contributed by atoms with Gasteiger partial charge < -0.3 is 15.4 Å². The minimum atomic E-state index is -0.271. The van der Waals surface area contributed by atoms with Gasteiger partial charge in [-0.2, -0.15) is 16.9 Å². The Morgan fingerprint density at radius 1 is 1.21 bits per heavy atom. The minimum absolute atomic E-state index is 0.0881. The lowest BCUT2D eigenvalue weighted by Crippen LogP contribution is -2.30. The highest BCUT2D eigenvalue weighted by molar-refractivity contribution is 7.98. The van der Waals surface area contributed by atoms with Crippen molar-refractivity contribution in [3.63, 3.8) is 0 Å². The smallest absolute Gasteiger partial charge is 0.263 e. The molecule has 2 aromatic rings. The molecule has 2 amide bonds. The van der Waals surface area contributed by atoms with Gasteiger partial charge in [0.1, 0.15) is 18.1 Å². The van der Waals surface area contributed by atoms with Crippen LogP contribution in [-0.4, -0.2) is 34.7 Å². The average molecular weight is 417 g/mol. The van der Waals surface area contributed by atoms with Crippen molar-refractivity contribution in [2.75, 3.05) is 18.5 Å². The zero-order chi connectivity index (χ0) is 20.8. The number of carbonyl (C=O) groups is 2. The van der Waals surface area contributed by atoms with Crippen LogP contribution in [0, 0.1) is 0 Å².